The number of halogens is 1. The van der Waals surface area contributed by atoms with Crippen LogP contribution < -0.4 is 15.5 Å². The van der Waals surface area contributed by atoms with E-state index in [-0.39, 0.29) is 36.4 Å². The normalized spacial score (nSPS) is 16.8. The van der Waals surface area contributed by atoms with Crippen molar-refractivity contribution in [2.75, 3.05) is 49.1 Å². The molecule has 9 heteroatoms. The predicted molar refractivity (Wildman–Crippen MR) is 125 cm³/mol. The Kier molecular flexibility index (Phi) is 7.24. The molecule has 0 saturated carbocycles. The van der Waals surface area contributed by atoms with Crippen molar-refractivity contribution in [2.45, 2.75) is 12.8 Å². The lowest BCUT2D eigenvalue weighted by Crippen LogP contribution is -2.51. The van der Waals surface area contributed by atoms with Crippen LogP contribution in [0.3, 0.4) is 0 Å². The summed E-state index contributed by atoms with van der Waals surface area (Å²) in [5, 5.41) is 0. The van der Waals surface area contributed by atoms with Crippen molar-refractivity contribution >= 4 is 47.5 Å². The fourth-order valence-electron chi connectivity index (χ4n) is 3.72. The van der Waals surface area contributed by atoms with Crippen LogP contribution in [0.4, 0.5) is 11.6 Å². The Labute approximate surface area is 187 Å². The highest BCUT2D eigenvalue weighted by Gasteiger charge is 2.23. The van der Waals surface area contributed by atoms with Gasteiger partial charge in [-0.15, -0.1) is 24.0 Å². The second kappa shape index (κ2) is 9.86. The zero-order chi connectivity index (χ0) is 19.3. The van der Waals surface area contributed by atoms with Crippen molar-refractivity contribution in [1.29, 1.82) is 0 Å². The second-order valence-corrected chi connectivity index (χ2v) is 6.97. The maximum atomic E-state index is 12.7. The summed E-state index contributed by atoms with van der Waals surface area (Å²) in [7, 11) is 0. The summed E-state index contributed by atoms with van der Waals surface area (Å²) < 4.78 is 0. The Bertz CT molecular complexity index is 853. The smallest absolute Gasteiger partial charge is 0.248 e. The van der Waals surface area contributed by atoms with E-state index in [1.165, 1.54) is 5.56 Å². The lowest BCUT2D eigenvalue weighted by atomic mass is 10.0. The van der Waals surface area contributed by atoms with Gasteiger partial charge in [0.2, 0.25) is 11.9 Å². The molecule has 154 valence electrons. The molecule has 0 bridgehead atoms. The van der Waals surface area contributed by atoms with Gasteiger partial charge in [0, 0.05) is 50.8 Å². The molecule has 3 heterocycles. The van der Waals surface area contributed by atoms with Crippen molar-refractivity contribution in [3.05, 3.63) is 48.3 Å². The fraction of sp³-hybridized carbons (Fsp3) is 0.400. The molecular formula is C20H26IN7O. The number of amides is 1. The van der Waals surface area contributed by atoms with Gasteiger partial charge in [-0.2, -0.15) is 0 Å². The number of carbonyl (C=O) groups is 1. The molecule has 1 amide bonds. The fourth-order valence-corrected chi connectivity index (χ4v) is 3.72. The second-order valence-electron chi connectivity index (χ2n) is 6.97. The Morgan fingerprint density at radius 1 is 1.03 bits per heavy atom. The van der Waals surface area contributed by atoms with E-state index in [9.17, 15) is 4.79 Å². The van der Waals surface area contributed by atoms with E-state index in [2.05, 4.69) is 25.9 Å². The minimum atomic E-state index is -0.00794. The molecule has 4 rings (SSSR count). The third-order valence-electron chi connectivity index (χ3n) is 5.23. The maximum absolute atomic E-state index is 12.7. The van der Waals surface area contributed by atoms with Crippen LogP contribution in [0.5, 0.6) is 0 Å². The molecule has 0 unspecified atom stereocenters. The number of nitrogens with zero attached hydrogens (tertiary/aromatic N) is 6. The van der Waals surface area contributed by atoms with Crippen molar-refractivity contribution in [2.24, 2.45) is 10.7 Å². The van der Waals surface area contributed by atoms with E-state index < -0.39 is 0 Å². The lowest BCUT2D eigenvalue weighted by molar-refractivity contribution is -0.117. The molecule has 2 aliphatic rings. The highest BCUT2D eigenvalue weighted by atomic mass is 127. The average Bonchev–Trinajstić information content (AvgIpc) is 2.77. The first kappa shape index (κ1) is 21.3. The molecule has 1 fully saturated rings. The number of anilines is 2. The Hall–Kier alpha value is -2.43. The number of piperazine rings is 1. The minimum Gasteiger partial charge on any atom is -0.370 e. The molecule has 2 N–H and O–H groups in total. The monoisotopic (exact) mass is 507 g/mol. The van der Waals surface area contributed by atoms with E-state index >= 15 is 0 Å². The van der Waals surface area contributed by atoms with Crippen LogP contribution in [0, 0.1) is 0 Å². The number of nitrogens with two attached hydrogens (primary N) is 1. The van der Waals surface area contributed by atoms with Crippen LogP contribution in [0.1, 0.15) is 12.0 Å². The third-order valence-corrected chi connectivity index (χ3v) is 5.23. The van der Waals surface area contributed by atoms with Crippen molar-refractivity contribution in [3.63, 3.8) is 0 Å². The lowest BCUT2D eigenvalue weighted by Gasteiger charge is -2.35. The van der Waals surface area contributed by atoms with Gasteiger partial charge in [-0.05, 0) is 30.5 Å². The van der Waals surface area contributed by atoms with Crippen molar-refractivity contribution < 1.29 is 4.79 Å². The van der Waals surface area contributed by atoms with Crippen LogP contribution >= 0.6 is 24.0 Å². The largest absolute Gasteiger partial charge is 0.370 e. The average molecular weight is 507 g/mol. The van der Waals surface area contributed by atoms with Gasteiger partial charge in [-0.1, -0.05) is 18.2 Å². The van der Waals surface area contributed by atoms with Gasteiger partial charge in [-0.25, -0.2) is 15.0 Å². The summed E-state index contributed by atoms with van der Waals surface area (Å²) in [4.78, 5) is 31.6. The summed E-state index contributed by atoms with van der Waals surface area (Å²) in [6, 6.07) is 9.88. The molecule has 0 atom stereocenters. The van der Waals surface area contributed by atoms with Gasteiger partial charge in [0.1, 0.15) is 6.54 Å². The van der Waals surface area contributed by atoms with E-state index in [1.807, 2.05) is 34.1 Å². The van der Waals surface area contributed by atoms with E-state index in [4.69, 9.17) is 5.73 Å². The van der Waals surface area contributed by atoms with Crippen molar-refractivity contribution in [3.8, 4) is 0 Å². The summed E-state index contributed by atoms with van der Waals surface area (Å²) in [5.74, 6) is 1.15. The summed E-state index contributed by atoms with van der Waals surface area (Å²) >= 11 is 0. The van der Waals surface area contributed by atoms with E-state index in [0.717, 1.165) is 57.2 Å². The van der Waals surface area contributed by atoms with Gasteiger partial charge in [-0.3, -0.25) is 4.79 Å². The number of aromatic nitrogens is 2. The predicted octanol–water partition coefficient (Wildman–Crippen LogP) is 1.51. The summed E-state index contributed by atoms with van der Waals surface area (Å²) in [6.07, 6.45) is 5.48. The van der Waals surface area contributed by atoms with E-state index in [0.29, 0.717) is 5.96 Å². The topological polar surface area (TPSA) is 91.0 Å². The van der Waals surface area contributed by atoms with Crippen LogP contribution in [0.2, 0.25) is 0 Å². The van der Waals surface area contributed by atoms with Crippen LogP contribution in [-0.2, 0) is 11.2 Å². The number of hydrogen-bond acceptors (Lipinski definition) is 5. The molecule has 1 aromatic carbocycles. The summed E-state index contributed by atoms with van der Waals surface area (Å²) in [5.41, 5.74) is 8.38. The number of carbonyl (C=O) groups excluding carboxylic acids is 1. The standard InChI is InChI=1S/C20H25N7O.HI/c21-19(25-11-13-26(14-12-25)20-22-8-4-9-23-20)24-15-18(28)27-10-3-6-16-5-1-2-7-17(16)27;/h1-2,4-5,7-9H,3,6,10-15H2,(H2,21,24);1H. The Morgan fingerprint density at radius 3 is 2.52 bits per heavy atom. The van der Waals surface area contributed by atoms with Gasteiger partial charge >= 0.3 is 0 Å². The zero-order valence-corrected chi connectivity index (χ0v) is 18.6. The number of benzene rings is 1. The third kappa shape index (κ3) is 4.95. The van der Waals surface area contributed by atoms with Gasteiger partial charge in [0.15, 0.2) is 5.96 Å². The van der Waals surface area contributed by atoms with E-state index in [1.54, 1.807) is 12.4 Å². The zero-order valence-electron chi connectivity index (χ0n) is 16.3. The minimum absolute atomic E-state index is 0. The van der Waals surface area contributed by atoms with Crippen LogP contribution in [0.15, 0.2) is 47.7 Å². The number of fused-ring (bicyclic) bond motifs is 1. The number of aryl methyl sites for hydroxylation is 1. The van der Waals surface area contributed by atoms with Crippen LogP contribution in [0.25, 0.3) is 0 Å². The molecular weight excluding hydrogens is 481 g/mol. The number of aliphatic imine (C=N–C) groups is 1. The number of hydrogen-bond donors (Lipinski definition) is 1. The van der Waals surface area contributed by atoms with Gasteiger partial charge in [0.05, 0.1) is 0 Å². The highest BCUT2D eigenvalue weighted by molar-refractivity contribution is 14.0. The first-order chi connectivity index (χ1) is 13.7. The van der Waals surface area contributed by atoms with Gasteiger partial charge < -0.3 is 20.4 Å². The molecule has 1 aromatic heterocycles. The Balaban J connectivity index is 0.00000240. The SMILES string of the molecule is I.NC(=NCC(=O)N1CCCc2ccccc21)N1CCN(c2ncccn2)CC1. The number of rotatable bonds is 3. The van der Waals surface area contributed by atoms with Gasteiger partial charge in [0.25, 0.3) is 0 Å². The number of para-hydroxylation sites is 1. The first-order valence-electron chi connectivity index (χ1n) is 9.67. The molecule has 0 aliphatic carbocycles. The molecule has 0 radical (unpaired) electrons. The van der Waals surface area contributed by atoms with Crippen LogP contribution in [-0.4, -0.2) is 66.0 Å². The highest BCUT2D eigenvalue weighted by Crippen LogP contribution is 2.26. The quantitative estimate of drug-likeness (QED) is 0.385. The molecule has 8 nitrogen and oxygen atoms in total. The molecule has 29 heavy (non-hydrogen) atoms. The molecule has 2 aliphatic heterocycles. The Morgan fingerprint density at radius 2 is 1.76 bits per heavy atom. The number of guanidine groups is 1. The van der Waals surface area contributed by atoms with Crippen molar-refractivity contribution in [1.82, 2.24) is 14.9 Å². The summed E-state index contributed by atoms with van der Waals surface area (Å²) in [6.45, 7) is 3.81. The molecule has 0 spiro atoms. The molecule has 1 saturated heterocycles. The first-order valence-corrected chi connectivity index (χ1v) is 9.67. The maximum Gasteiger partial charge on any atom is 0.248 e. The molecule has 2 aromatic rings.